The Bertz CT molecular complexity index is 1120. The van der Waals surface area contributed by atoms with Crippen LogP contribution in [0.2, 0.25) is 0 Å². The molecule has 0 unspecified atom stereocenters. The highest BCUT2D eigenvalue weighted by molar-refractivity contribution is 6.05. The van der Waals surface area contributed by atoms with Crippen LogP contribution >= 0.6 is 0 Å². The van der Waals surface area contributed by atoms with Gasteiger partial charge in [-0.1, -0.05) is 0 Å². The molecule has 1 heterocycles. The fraction of sp³-hybridized carbons (Fsp3) is 0.105. The predicted octanol–water partition coefficient (Wildman–Crippen LogP) is 4.26. The zero-order chi connectivity index (χ0) is 23.0. The summed E-state index contributed by atoms with van der Waals surface area (Å²) in [5.74, 6) is -1.26. The second-order valence-electron chi connectivity index (χ2n) is 6.26. The Morgan fingerprint density at radius 2 is 1.39 bits per heavy atom. The maximum atomic E-state index is 13.1. The molecule has 0 aliphatic rings. The molecule has 0 spiro atoms. The molecule has 0 atom stereocenters. The Labute approximate surface area is 170 Å². The molecule has 0 fully saturated rings. The second-order valence-corrected chi connectivity index (χ2v) is 6.26. The summed E-state index contributed by atoms with van der Waals surface area (Å²) in [7, 11) is 0. The number of nitrogens with one attached hydrogen (secondary N) is 1. The molecule has 3 rings (SSSR count). The maximum absolute atomic E-state index is 13.1. The first kappa shape index (κ1) is 21.9. The van der Waals surface area contributed by atoms with Crippen molar-refractivity contribution in [3.8, 4) is 5.69 Å². The molecule has 0 saturated carbocycles. The molecular formula is C19H12F6N4O2. The van der Waals surface area contributed by atoms with Gasteiger partial charge in [0.05, 0.1) is 5.69 Å². The Balaban J connectivity index is 1.84. The summed E-state index contributed by atoms with van der Waals surface area (Å²) >= 11 is 0. The van der Waals surface area contributed by atoms with Crippen molar-refractivity contribution < 1.29 is 35.9 Å². The van der Waals surface area contributed by atoms with Gasteiger partial charge in [0.15, 0.2) is 5.69 Å². The number of benzene rings is 2. The molecule has 3 aromatic rings. The lowest BCUT2D eigenvalue weighted by Gasteiger charge is -2.11. The minimum Gasteiger partial charge on any atom is -0.366 e. The lowest BCUT2D eigenvalue weighted by atomic mass is 10.1. The number of halogens is 6. The van der Waals surface area contributed by atoms with Crippen LogP contribution in [0.25, 0.3) is 5.69 Å². The molecule has 0 radical (unpaired) electrons. The highest BCUT2D eigenvalue weighted by Crippen LogP contribution is 2.36. The van der Waals surface area contributed by atoms with E-state index in [1.165, 1.54) is 36.4 Å². The second kappa shape index (κ2) is 7.78. The topological polar surface area (TPSA) is 90.0 Å². The number of hydrogen-bond acceptors (Lipinski definition) is 3. The van der Waals surface area contributed by atoms with E-state index in [4.69, 9.17) is 5.73 Å². The molecule has 0 bridgehead atoms. The van der Waals surface area contributed by atoms with Crippen LogP contribution in [0.15, 0.2) is 54.6 Å². The van der Waals surface area contributed by atoms with Gasteiger partial charge in [-0.2, -0.15) is 31.4 Å². The predicted molar refractivity (Wildman–Crippen MR) is 96.5 cm³/mol. The van der Waals surface area contributed by atoms with Crippen LogP contribution in [0, 0.1) is 0 Å². The summed E-state index contributed by atoms with van der Waals surface area (Å²) in [6, 6.07) is 9.88. The van der Waals surface area contributed by atoms with Gasteiger partial charge >= 0.3 is 12.4 Å². The zero-order valence-corrected chi connectivity index (χ0v) is 15.3. The highest BCUT2D eigenvalue weighted by atomic mass is 19.4. The zero-order valence-electron chi connectivity index (χ0n) is 15.3. The van der Waals surface area contributed by atoms with Crippen molar-refractivity contribution in [2.45, 2.75) is 12.4 Å². The van der Waals surface area contributed by atoms with E-state index >= 15 is 0 Å². The molecule has 3 N–H and O–H groups in total. The summed E-state index contributed by atoms with van der Waals surface area (Å²) in [6.45, 7) is 0. The van der Waals surface area contributed by atoms with E-state index < -0.39 is 35.6 Å². The molecule has 2 amide bonds. The van der Waals surface area contributed by atoms with Crippen LogP contribution in [-0.2, 0) is 12.4 Å². The third-order valence-electron chi connectivity index (χ3n) is 4.09. The molecule has 0 aliphatic carbocycles. The van der Waals surface area contributed by atoms with Gasteiger partial charge in [0.1, 0.15) is 5.69 Å². The van der Waals surface area contributed by atoms with Gasteiger partial charge in [0.2, 0.25) is 5.91 Å². The molecule has 12 heteroatoms. The number of carbonyl (C=O) groups is 2. The first-order valence-corrected chi connectivity index (χ1v) is 8.42. The van der Waals surface area contributed by atoms with E-state index in [1.54, 1.807) is 0 Å². The Morgan fingerprint density at radius 3 is 1.87 bits per heavy atom. The number of aromatic nitrogens is 2. The van der Waals surface area contributed by atoms with E-state index in [0.717, 1.165) is 12.1 Å². The van der Waals surface area contributed by atoms with Crippen molar-refractivity contribution in [1.29, 1.82) is 0 Å². The Kier molecular flexibility index (Phi) is 5.49. The van der Waals surface area contributed by atoms with E-state index in [9.17, 15) is 35.9 Å². The number of anilines is 1. The number of nitrogens with zero attached hydrogens (tertiary/aromatic N) is 2. The van der Waals surface area contributed by atoms with Crippen LogP contribution in [0.5, 0.6) is 0 Å². The molecule has 6 nitrogen and oxygen atoms in total. The van der Waals surface area contributed by atoms with Gasteiger partial charge in [-0.15, -0.1) is 0 Å². The number of rotatable bonds is 4. The first-order chi connectivity index (χ1) is 14.4. The number of primary amides is 1. The molecule has 0 aliphatic heterocycles. The third kappa shape index (κ3) is 4.85. The molecule has 0 saturated heterocycles. The van der Waals surface area contributed by atoms with Gasteiger partial charge in [0.25, 0.3) is 5.91 Å². The lowest BCUT2D eigenvalue weighted by Crippen LogP contribution is -2.15. The lowest BCUT2D eigenvalue weighted by molar-refractivity contribution is -0.143. The van der Waals surface area contributed by atoms with Gasteiger partial charge in [-0.3, -0.25) is 9.59 Å². The summed E-state index contributed by atoms with van der Waals surface area (Å²) in [6.07, 6.45) is -10.1. The quantitative estimate of drug-likeness (QED) is 0.592. The SMILES string of the molecule is NC(=O)c1ccc(C(=O)Nc2ccc(-n3nc(C(F)(F)F)cc3C(F)(F)F)cc2)cc1. The number of carbonyl (C=O) groups excluding carboxylic acids is 2. The molecule has 2 aromatic carbocycles. The van der Waals surface area contributed by atoms with Crippen molar-refractivity contribution >= 4 is 17.5 Å². The highest BCUT2D eigenvalue weighted by Gasteiger charge is 2.42. The molecule has 1 aromatic heterocycles. The third-order valence-corrected chi connectivity index (χ3v) is 4.09. The standard InChI is InChI=1S/C19H12F6N4O2/c20-18(21,22)14-9-15(19(23,24)25)29(28-14)13-7-5-12(6-8-13)27-17(31)11-3-1-10(2-4-11)16(26)30/h1-9H,(H2,26,30)(H,27,31). The minimum atomic E-state index is -5.07. The average molecular weight is 442 g/mol. The molecular weight excluding hydrogens is 430 g/mol. The summed E-state index contributed by atoms with van der Waals surface area (Å²) in [4.78, 5) is 23.3. The van der Waals surface area contributed by atoms with Crippen LogP contribution < -0.4 is 11.1 Å². The van der Waals surface area contributed by atoms with Gasteiger partial charge in [-0.25, -0.2) is 4.68 Å². The smallest absolute Gasteiger partial charge is 0.366 e. The fourth-order valence-electron chi connectivity index (χ4n) is 2.59. The molecule has 162 valence electrons. The van der Waals surface area contributed by atoms with Crippen LogP contribution in [0.1, 0.15) is 32.1 Å². The number of nitrogens with two attached hydrogens (primary N) is 1. The first-order valence-electron chi connectivity index (χ1n) is 8.42. The number of hydrogen-bond donors (Lipinski definition) is 2. The van der Waals surface area contributed by atoms with Crippen molar-refractivity contribution in [3.05, 3.63) is 77.1 Å². The van der Waals surface area contributed by atoms with Crippen molar-refractivity contribution in [1.82, 2.24) is 9.78 Å². The van der Waals surface area contributed by atoms with Crippen molar-refractivity contribution in [3.63, 3.8) is 0 Å². The maximum Gasteiger partial charge on any atom is 0.435 e. The van der Waals surface area contributed by atoms with Gasteiger partial charge in [-0.05, 0) is 48.5 Å². The van der Waals surface area contributed by atoms with E-state index in [2.05, 4.69) is 10.4 Å². The summed E-state index contributed by atoms with van der Waals surface area (Å²) in [5.41, 5.74) is 2.09. The Hall–Kier alpha value is -3.83. The van der Waals surface area contributed by atoms with Gasteiger partial charge in [0, 0.05) is 22.9 Å². The average Bonchev–Trinajstić information content (AvgIpc) is 3.15. The number of alkyl halides is 6. The Morgan fingerprint density at radius 1 is 0.839 bits per heavy atom. The van der Waals surface area contributed by atoms with E-state index in [1.807, 2.05) is 0 Å². The number of amides is 2. The van der Waals surface area contributed by atoms with Crippen LogP contribution in [0.4, 0.5) is 32.0 Å². The summed E-state index contributed by atoms with van der Waals surface area (Å²) < 4.78 is 78.0. The van der Waals surface area contributed by atoms with Gasteiger partial charge < -0.3 is 11.1 Å². The monoisotopic (exact) mass is 442 g/mol. The molecule has 31 heavy (non-hydrogen) atoms. The summed E-state index contributed by atoms with van der Waals surface area (Å²) in [5, 5.41) is 5.50. The normalized spacial score (nSPS) is 11.9. The van der Waals surface area contributed by atoms with Crippen LogP contribution in [-0.4, -0.2) is 21.6 Å². The largest absolute Gasteiger partial charge is 0.435 e. The van der Waals surface area contributed by atoms with E-state index in [0.29, 0.717) is 0 Å². The minimum absolute atomic E-state index is 0.0779. The van der Waals surface area contributed by atoms with Crippen LogP contribution in [0.3, 0.4) is 0 Å². The van der Waals surface area contributed by atoms with Crippen molar-refractivity contribution in [2.24, 2.45) is 5.73 Å². The van der Waals surface area contributed by atoms with E-state index in [-0.39, 0.29) is 33.2 Å². The fourth-order valence-corrected chi connectivity index (χ4v) is 2.59. The van der Waals surface area contributed by atoms with Crippen molar-refractivity contribution in [2.75, 3.05) is 5.32 Å².